The largest absolute Gasteiger partial charge is 0.478 e. The highest BCUT2D eigenvalue weighted by Crippen LogP contribution is 2.27. The summed E-state index contributed by atoms with van der Waals surface area (Å²) in [6, 6.07) is 5.86. The number of amides is 1. The lowest BCUT2D eigenvalue weighted by molar-refractivity contribution is -0.133. The summed E-state index contributed by atoms with van der Waals surface area (Å²) in [6.45, 7) is 0. The Labute approximate surface area is 122 Å². The molecule has 7 heteroatoms. The Bertz CT molecular complexity index is 733. The molecule has 0 unspecified atom stereocenters. The molecule has 0 saturated carbocycles. The molecule has 112 valence electrons. The number of carboxylic acids is 1. The van der Waals surface area contributed by atoms with Gasteiger partial charge in [0.15, 0.2) is 9.84 Å². The molecule has 2 N–H and O–H groups in total. The van der Waals surface area contributed by atoms with Crippen LogP contribution in [0.1, 0.15) is 19.3 Å². The van der Waals surface area contributed by atoms with Crippen molar-refractivity contribution in [3.63, 3.8) is 0 Å². The van der Waals surface area contributed by atoms with Crippen LogP contribution >= 0.6 is 0 Å². The van der Waals surface area contributed by atoms with E-state index in [0.717, 1.165) is 6.26 Å². The van der Waals surface area contributed by atoms with Gasteiger partial charge in [-0.05, 0) is 37.5 Å². The third-order valence-electron chi connectivity index (χ3n) is 3.27. The third kappa shape index (κ3) is 3.49. The number of nitrogens with one attached hydrogen (secondary N) is 1. The van der Waals surface area contributed by atoms with Gasteiger partial charge in [0.1, 0.15) is 0 Å². The zero-order chi connectivity index (χ0) is 15.6. The Morgan fingerprint density at radius 3 is 2.48 bits per heavy atom. The van der Waals surface area contributed by atoms with Gasteiger partial charge in [-0.2, -0.15) is 0 Å². The monoisotopic (exact) mass is 309 g/mol. The van der Waals surface area contributed by atoms with E-state index in [-0.39, 0.29) is 16.0 Å². The fourth-order valence-electron chi connectivity index (χ4n) is 2.24. The van der Waals surface area contributed by atoms with E-state index in [1.165, 1.54) is 18.2 Å². The molecule has 0 bridgehead atoms. The van der Waals surface area contributed by atoms with Crippen LogP contribution in [0.15, 0.2) is 40.3 Å². The highest BCUT2D eigenvalue weighted by Gasteiger charge is 2.25. The van der Waals surface area contributed by atoms with Crippen LogP contribution in [-0.2, 0) is 19.4 Å². The lowest BCUT2D eigenvalue weighted by Crippen LogP contribution is -2.16. The minimum Gasteiger partial charge on any atom is -0.478 e. The summed E-state index contributed by atoms with van der Waals surface area (Å²) in [6.07, 6.45) is 2.50. The lowest BCUT2D eigenvalue weighted by Gasteiger charge is -2.08. The molecule has 1 aliphatic rings. The summed E-state index contributed by atoms with van der Waals surface area (Å²) < 4.78 is 22.9. The smallest absolute Gasteiger partial charge is 0.332 e. The van der Waals surface area contributed by atoms with Gasteiger partial charge in [0.05, 0.1) is 4.90 Å². The Hall–Kier alpha value is -2.15. The number of anilines is 1. The Balaban J connectivity index is 2.25. The van der Waals surface area contributed by atoms with Crippen molar-refractivity contribution in [2.75, 3.05) is 11.6 Å². The van der Waals surface area contributed by atoms with E-state index >= 15 is 0 Å². The first kappa shape index (κ1) is 15.2. The molecule has 0 saturated heterocycles. The van der Waals surface area contributed by atoms with Crippen LogP contribution in [0, 0.1) is 0 Å². The van der Waals surface area contributed by atoms with Crippen LogP contribution < -0.4 is 5.32 Å². The topological polar surface area (TPSA) is 101 Å². The number of carbonyl (C=O) groups is 2. The molecular formula is C14H15NO5S. The number of benzene rings is 1. The highest BCUT2D eigenvalue weighted by molar-refractivity contribution is 7.90. The van der Waals surface area contributed by atoms with Crippen LogP contribution in [0.5, 0.6) is 0 Å². The minimum absolute atomic E-state index is 0.0964. The van der Waals surface area contributed by atoms with E-state index in [1.807, 2.05) is 0 Å². The van der Waals surface area contributed by atoms with E-state index in [0.29, 0.717) is 24.9 Å². The normalized spacial score (nSPS) is 15.1. The predicted octanol–water partition coefficient (Wildman–Crippen LogP) is 1.59. The van der Waals surface area contributed by atoms with Crippen molar-refractivity contribution in [1.29, 1.82) is 0 Å². The molecule has 1 aromatic rings. The first-order valence-corrected chi connectivity index (χ1v) is 8.25. The number of hydrogen-bond donors (Lipinski definition) is 2. The zero-order valence-corrected chi connectivity index (χ0v) is 12.2. The van der Waals surface area contributed by atoms with Crippen LogP contribution in [-0.4, -0.2) is 31.7 Å². The Kier molecular flexibility index (Phi) is 4.13. The molecule has 21 heavy (non-hydrogen) atoms. The van der Waals surface area contributed by atoms with Gasteiger partial charge in [0.25, 0.3) is 5.91 Å². The van der Waals surface area contributed by atoms with E-state index < -0.39 is 21.7 Å². The summed E-state index contributed by atoms with van der Waals surface area (Å²) in [5.41, 5.74) is 0.714. The molecule has 6 nitrogen and oxygen atoms in total. The SMILES string of the molecule is CS(=O)(=O)c1cccc(NC(=O)C2=C(C(=O)O)CCC2)c1. The molecule has 1 amide bonds. The van der Waals surface area contributed by atoms with Crippen LogP contribution in [0.25, 0.3) is 0 Å². The van der Waals surface area contributed by atoms with E-state index in [1.54, 1.807) is 6.07 Å². The van der Waals surface area contributed by atoms with Gasteiger partial charge in [-0.3, -0.25) is 4.79 Å². The quantitative estimate of drug-likeness (QED) is 0.879. The molecule has 0 atom stereocenters. The van der Waals surface area contributed by atoms with Crippen molar-refractivity contribution < 1.29 is 23.1 Å². The summed E-state index contributed by atoms with van der Waals surface area (Å²) in [5, 5.41) is 11.6. The summed E-state index contributed by atoms with van der Waals surface area (Å²) in [4.78, 5) is 23.2. The van der Waals surface area contributed by atoms with Gasteiger partial charge in [-0.1, -0.05) is 6.07 Å². The standard InChI is InChI=1S/C14H15NO5S/c1-21(19,20)10-5-2-4-9(8-10)15-13(16)11-6-3-7-12(11)14(17)18/h2,4-5,8H,3,6-7H2,1H3,(H,15,16)(H,17,18). The number of carbonyl (C=O) groups excluding carboxylic acids is 1. The predicted molar refractivity (Wildman–Crippen MR) is 76.7 cm³/mol. The van der Waals surface area contributed by atoms with Gasteiger partial charge >= 0.3 is 5.97 Å². The zero-order valence-electron chi connectivity index (χ0n) is 11.4. The fraction of sp³-hybridized carbons (Fsp3) is 0.286. The Morgan fingerprint density at radius 2 is 1.86 bits per heavy atom. The second-order valence-corrected chi connectivity index (χ2v) is 6.89. The van der Waals surface area contributed by atoms with Crippen LogP contribution in [0.2, 0.25) is 0 Å². The van der Waals surface area contributed by atoms with Gasteiger partial charge in [-0.15, -0.1) is 0 Å². The Morgan fingerprint density at radius 1 is 1.19 bits per heavy atom. The minimum atomic E-state index is -3.36. The van der Waals surface area contributed by atoms with Gasteiger partial charge < -0.3 is 10.4 Å². The molecular weight excluding hydrogens is 294 g/mol. The molecule has 0 spiro atoms. The maximum atomic E-state index is 12.1. The number of rotatable bonds is 4. The average molecular weight is 309 g/mol. The lowest BCUT2D eigenvalue weighted by atomic mass is 10.1. The second-order valence-electron chi connectivity index (χ2n) is 4.87. The maximum Gasteiger partial charge on any atom is 0.332 e. The third-order valence-corrected chi connectivity index (χ3v) is 4.38. The van der Waals surface area contributed by atoms with E-state index in [4.69, 9.17) is 5.11 Å². The van der Waals surface area contributed by atoms with Crippen molar-refractivity contribution in [3.8, 4) is 0 Å². The van der Waals surface area contributed by atoms with Gasteiger partial charge in [-0.25, -0.2) is 13.2 Å². The number of sulfone groups is 1. The van der Waals surface area contributed by atoms with Crippen molar-refractivity contribution in [2.24, 2.45) is 0 Å². The fourth-order valence-corrected chi connectivity index (χ4v) is 2.91. The molecule has 1 aromatic carbocycles. The summed E-state index contributed by atoms with van der Waals surface area (Å²) in [7, 11) is -3.36. The summed E-state index contributed by atoms with van der Waals surface area (Å²) in [5.74, 6) is -1.57. The first-order valence-electron chi connectivity index (χ1n) is 6.36. The molecule has 0 heterocycles. The number of hydrogen-bond acceptors (Lipinski definition) is 4. The van der Waals surface area contributed by atoms with Crippen molar-refractivity contribution >= 4 is 27.4 Å². The second kappa shape index (κ2) is 5.69. The molecule has 0 fully saturated rings. The van der Waals surface area contributed by atoms with Gasteiger partial charge in [0.2, 0.25) is 0 Å². The van der Waals surface area contributed by atoms with Crippen molar-refractivity contribution in [2.45, 2.75) is 24.2 Å². The van der Waals surface area contributed by atoms with E-state index in [2.05, 4.69) is 5.32 Å². The number of carboxylic acid groups (broad SMARTS) is 1. The van der Waals surface area contributed by atoms with Crippen LogP contribution in [0.3, 0.4) is 0 Å². The number of aliphatic carboxylic acids is 1. The highest BCUT2D eigenvalue weighted by atomic mass is 32.2. The maximum absolute atomic E-state index is 12.1. The van der Waals surface area contributed by atoms with E-state index in [9.17, 15) is 18.0 Å². The molecule has 0 aliphatic heterocycles. The van der Waals surface area contributed by atoms with Crippen LogP contribution in [0.4, 0.5) is 5.69 Å². The molecule has 0 aromatic heterocycles. The van der Waals surface area contributed by atoms with Gasteiger partial charge in [0, 0.05) is 23.1 Å². The summed E-state index contributed by atoms with van der Waals surface area (Å²) >= 11 is 0. The average Bonchev–Trinajstić information content (AvgIpc) is 2.87. The molecule has 1 aliphatic carbocycles. The molecule has 0 radical (unpaired) electrons. The first-order chi connectivity index (χ1) is 9.79. The van der Waals surface area contributed by atoms with Crippen molar-refractivity contribution in [3.05, 3.63) is 35.4 Å². The van der Waals surface area contributed by atoms with Crippen molar-refractivity contribution in [1.82, 2.24) is 0 Å². The molecule has 2 rings (SSSR count).